The van der Waals surface area contributed by atoms with Crippen molar-refractivity contribution in [3.05, 3.63) is 89.8 Å². The van der Waals surface area contributed by atoms with E-state index in [-0.39, 0.29) is 36.0 Å². The Kier molecular flexibility index (Phi) is 8.14. The minimum atomic E-state index is -0.846. The SMILES string of the molecule is COC1(C)C=CC(CN2C(=O)NC3(CCN(CC[C@H](NC(=O)c4cccnc4)c4ccccc4)CC3)C2=O)=CC1. The molecule has 2 fully saturated rings. The highest BCUT2D eigenvalue weighted by Gasteiger charge is 2.52. The molecule has 2 atom stereocenters. The summed E-state index contributed by atoms with van der Waals surface area (Å²) >= 11 is 0. The van der Waals surface area contributed by atoms with E-state index in [4.69, 9.17) is 4.74 Å². The van der Waals surface area contributed by atoms with Gasteiger partial charge in [0.25, 0.3) is 11.8 Å². The molecule has 40 heavy (non-hydrogen) atoms. The van der Waals surface area contributed by atoms with Crippen LogP contribution in [0.25, 0.3) is 0 Å². The van der Waals surface area contributed by atoms with E-state index < -0.39 is 5.54 Å². The zero-order valence-corrected chi connectivity index (χ0v) is 23.1. The monoisotopic (exact) mass is 543 g/mol. The highest BCUT2D eigenvalue weighted by Crippen LogP contribution is 2.32. The van der Waals surface area contributed by atoms with Crippen molar-refractivity contribution >= 4 is 17.8 Å². The number of nitrogens with zero attached hydrogens (tertiary/aromatic N) is 3. The Hall–Kier alpha value is -3.82. The second kappa shape index (κ2) is 11.7. The van der Waals surface area contributed by atoms with Gasteiger partial charge in [0.1, 0.15) is 5.54 Å². The van der Waals surface area contributed by atoms with Gasteiger partial charge >= 0.3 is 6.03 Å². The molecule has 0 radical (unpaired) electrons. The first-order valence-electron chi connectivity index (χ1n) is 13.9. The number of likely N-dealkylation sites (tertiary alicyclic amines) is 1. The Morgan fingerprint density at radius 1 is 1.15 bits per heavy atom. The van der Waals surface area contributed by atoms with Gasteiger partial charge in [-0.05, 0) is 55.9 Å². The summed E-state index contributed by atoms with van der Waals surface area (Å²) in [7, 11) is 1.68. The van der Waals surface area contributed by atoms with E-state index in [2.05, 4.69) is 20.5 Å². The van der Waals surface area contributed by atoms with Crippen LogP contribution in [0.2, 0.25) is 0 Å². The number of methoxy groups -OCH3 is 1. The van der Waals surface area contributed by atoms with Crippen LogP contribution in [-0.4, -0.2) is 77.1 Å². The highest BCUT2D eigenvalue weighted by molar-refractivity contribution is 6.07. The molecule has 2 saturated heterocycles. The molecular weight excluding hydrogens is 506 g/mol. The molecule has 2 N–H and O–H groups in total. The van der Waals surface area contributed by atoms with Crippen LogP contribution in [-0.2, 0) is 9.53 Å². The number of aromatic nitrogens is 1. The number of pyridine rings is 1. The fourth-order valence-corrected chi connectivity index (χ4v) is 5.58. The number of benzene rings is 1. The van der Waals surface area contributed by atoms with Gasteiger partial charge in [-0.15, -0.1) is 0 Å². The molecule has 5 rings (SSSR count). The van der Waals surface area contributed by atoms with Crippen LogP contribution in [0.1, 0.15) is 54.6 Å². The van der Waals surface area contributed by atoms with E-state index in [0.717, 1.165) is 24.1 Å². The van der Waals surface area contributed by atoms with Crippen molar-refractivity contribution in [2.75, 3.05) is 33.3 Å². The van der Waals surface area contributed by atoms with Gasteiger partial charge in [0.2, 0.25) is 0 Å². The number of piperidine rings is 1. The summed E-state index contributed by atoms with van der Waals surface area (Å²) in [6.45, 7) is 4.40. The average Bonchev–Trinajstić information content (AvgIpc) is 3.21. The number of amides is 4. The minimum Gasteiger partial charge on any atom is -0.374 e. The Balaban J connectivity index is 1.17. The number of nitrogens with one attached hydrogen (secondary N) is 2. The Morgan fingerprint density at radius 3 is 2.58 bits per heavy atom. The lowest BCUT2D eigenvalue weighted by atomic mass is 9.87. The number of urea groups is 1. The largest absolute Gasteiger partial charge is 0.374 e. The number of hydrogen-bond donors (Lipinski definition) is 2. The van der Waals surface area contributed by atoms with Crippen LogP contribution in [0, 0.1) is 0 Å². The summed E-state index contributed by atoms with van der Waals surface area (Å²) in [4.78, 5) is 46.9. The number of carbonyl (C=O) groups is 3. The van der Waals surface area contributed by atoms with Crippen LogP contribution in [0.15, 0.2) is 78.7 Å². The number of imide groups is 1. The number of carbonyl (C=O) groups excluding carboxylic acids is 3. The molecular formula is C31H37N5O4. The second-order valence-electron chi connectivity index (χ2n) is 11.0. The topological polar surface area (TPSA) is 104 Å². The third-order valence-corrected chi connectivity index (χ3v) is 8.35. The lowest BCUT2D eigenvalue weighted by molar-refractivity contribution is -0.132. The Morgan fingerprint density at radius 2 is 1.93 bits per heavy atom. The first-order valence-corrected chi connectivity index (χ1v) is 13.9. The van der Waals surface area contributed by atoms with Gasteiger partial charge in [-0.25, -0.2) is 4.79 Å². The lowest BCUT2D eigenvalue weighted by Gasteiger charge is -2.38. The average molecular weight is 544 g/mol. The number of rotatable bonds is 9. The molecule has 9 nitrogen and oxygen atoms in total. The van der Waals surface area contributed by atoms with Crippen LogP contribution >= 0.6 is 0 Å². The summed E-state index contributed by atoms with van der Waals surface area (Å²) < 4.78 is 5.52. The van der Waals surface area contributed by atoms with Crippen molar-refractivity contribution < 1.29 is 19.1 Å². The first-order chi connectivity index (χ1) is 19.3. The van der Waals surface area contributed by atoms with Crippen LogP contribution in [0.4, 0.5) is 4.79 Å². The van der Waals surface area contributed by atoms with Gasteiger partial charge < -0.3 is 20.3 Å². The summed E-state index contributed by atoms with van der Waals surface area (Å²) in [6, 6.07) is 13.0. The van der Waals surface area contributed by atoms with Gasteiger partial charge in [-0.2, -0.15) is 0 Å². The first kappa shape index (κ1) is 27.7. The van der Waals surface area contributed by atoms with Gasteiger partial charge in [-0.3, -0.25) is 19.5 Å². The standard InChI is InChI=1S/C31H37N5O4/c1-30(40-2)13-10-23(11-14-30)22-36-28(38)31(34-29(36)39)15-19-35(20-16-31)18-12-26(24-7-4-3-5-8-24)33-27(37)25-9-6-17-32-21-25/h3-11,13,17,21,26H,12,14-16,18-20,22H2,1-2H3,(H,33,37)(H,34,39)/t26-,30?/m0/s1. The smallest absolute Gasteiger partial charge is 0.325 e. The van der Waals surface area contributed by atoms with Gasteiger partial charge in [0.15, 0.2) is 0 Å². The van der Waals surface area contributed by atoms with Gasteiger partial charge in [-0.1, -0.05) is 48.6 Å². The molecule has 9 heteroatoms. The molecule has 3 heterocycles. The Labute approximate surface area is 235 Å². The number of hydrogen-bond acceptors (Lipinski definition) is 6. The Bertz CT molecular complexity index is 1290. The second-order valence-corrected chi connectivity index (χ2v) is 11.0. The van der Waals surface area contributed by atoms with Crippen molar-refractivity contribution in [2.24, 2.45) is 0 Å². The lowest BCUT2D eigenvalue weighted by Crippen LogP contribution is -2.55. The van der Waals surface area contributed by atoms with Crippen molar-refractivity contribution in [3.8, 4) is 0 Å². The summed E-state index contributed by atoms with van der Waals surface area (Å²) in [5.74, 6) is -0.300. The molecule has 4 amide bonds. The maximum Gasteiger partial charge on any atom is 0.325 e. The molecule has 0 bridgehead atoms. The third kappa shape index (κ3) is 6.00. The molecule has 2 aliphatic heterocycles. The van der Waals surface area contributed by atoms with Crippen molar-refractivity contribution in [1.82, 2.24) is 25.4 Å². The highest BCUT2D eigenvalue weighted by atomic mass is 16.5. The normalized spacial score (nSPS) is 23.1. The van der Waals surface area contributed by atoms with Gasteiger partial charge in [0, 0.05) is 39.1 Å². The fraction of sp³-hybridized carbons (Fsp3) is 0.419. The van der Waals surface area contributed by atoms with E-state index in [9.17, 15) is 14.4 Å². The van der Waals surface area contributed by atoms with Gasteiger partial charge in [0.05, 0.1) is 23.8 Å². The summed E-state index contributed by atoms with van der Waals surface area (Å²) in [5, 5.41) is 6.18. The molecule has 3 aliphatic rings. The minimum absolute atomic E-state index is 0.141. The predicted molar refractivity (Wildman–Crippen MR) is 151 cm³/mol. The fourth-order valence-electron chi connectivity index (χ4n) is 5.58. The predicted octanol–water partition coefficient (Wildman–Crippen LogP) is 3.62. The van der Waals surface area contributed by atoms with Crippen LogP contribution in [0.5, 0.6) is 0 Å². The van der Waals surface area contributed by atoms with E-state index in [1.807, 2.05) is 55.5 Å². The summed E-state index contributed by atoms with van der Waals surface area (Å²) in [6.07, 6.45) is 11.7. The molecule has 1 aromatic carbocycles. The molecule has 1 unspecified atom stereocenters. The van der Waals surface area contributed by atoms with E-state index in [1.165, 1.54) is 4.90 Å². The van der Waals surface area contributed by atoms with Crippen molar-refractivity contribution in [1.29, 1.82) is 0 Å². The van der Waals surface area contributed by atoms with Crippen LogP contribution < -0.4 is 10.6 Å². The molecule has 0 saturated carbocycles. The molecule has 1 spiro atoms. The zero-order valence-electron chi connectivity index (χ0n) is 23.1. The van der Waals surface area contributed by atoms with E-state index in [0.29, 0.717) is 37.9 Å². The maximum absolute atomic E-state index is 13.5. The van der Waals surface area contributed by atoms with Crippen LogP contribution in [0.3, 0.4) is 0 Å². The number of ether oxygens (including phenoxy) is 1. The van der Waals surface area contributed by atoms with Crippen molar-refractivity contribution in [3.63, 3.8) is 0 Å². The molecule has 1 aromatic heterocycles. The molecule has 2 aromatic rings. The quantitative estimate of drug-likeness (QED) is 0.469. The maximum atomic E-state index is 13.5. The van der Waals surface area contributed by atoms with E-state index in [1.54, 1.807) is 31.6 Å². The summed E-state index contributed by atoms with van der Waals surface area (Å²) in [5.41, 5.74) is 1.30. The zero-order chi connectivity index (χ0) is 28.2. The van der Waals surface area contributed by atoms with Crippen molar-refractivity contribution in [2.45, 2.75) is 49.8 Å². The van der Waals surface area contributed by atoms with E-state index >= 15 is 0 Å². The molecule has 1 aliphatic carbocycles. The third-order valence-electron chi connectivity index (χ3n) is 8.35. The molecule has 210 valence electrons.